The predicted molar refractivity (Wildman–Crippen MR) is 103 cm³/mol. The highest BCUT2D eigenvalue weighted by atomic mass is 32.1. The quantitative estimate of drug-likeness (QED) is 0.714. The number of thiophene rings is 1. The molecule has 1 aliphatic heterocycles. The molecule has 0 unspecified atom stereocenters. The number of carbonyl (C=O) groups is 1. The maximum Gasteiger partial charge on any atom is 0.277 e. The first-order valence-electron chi connectivity index (χ1n) is 8.91. The van der Waals surface area contributed by atoms with Crippen molar-refractivity contribution in [3.05, 3.63) is 59.1 Å². The van der Waals surface area contributed by atoms with Gasteiger partial charge in [-0.1, -0.05) is 29.8 Å². The summed E-state index contributed by atoms with van der Waals surface area (Å²) in [7, 11) is 0. The fourth-order valence-corrected chi connectivity index (χ4v) is 3.85. The summed E-state index contributed by atoms with van der Waals surface area (Å²) >= 11 is 1.55. The van der Waals surface area contributed by atoms with Crippen LogP contribution in [0.15, 0.2) is 52.4 Å². The number of rotatable bonds is 5. The van der Waals surface area contributed by atoms with E-state index in [0.717, 1.165) is 17.1 Å². The number of nitrogens with zero attached hydrogens (tertiary/aromatic N) is 2. The van der Waals surface area contributed by atoms with Crippen molar-refractivity contribution in [2.75, 3.05) is 18.4 Å². The number of aromatic nitrogens is 1. The summed E-state index contributed by atoms with van der Waals surface area (Å²) in [5.41, 5.74) is 2.31. The molecular weight excluding hydrogens is 346 g/mol. The Morgan fingerprint density at radius 2 is 1.96 bits per heavy atom. The van der Waals surface area contributed by atoms with E-state index in [1.54, 1.807) is 17.4 Å². The van der Waals surface area contributed by atoms with Crippen LogP contribution in [0.1, 0.15) is 35.3 Å². The number of carbonyl (C=O) groups excluding carboxylic acids is 1. The fourth-order valence-electron chi connectivity index (χ4n) is 3.18. The van der Waals surface area contributed by atoms with Crippen molar-refractivity contribution in [3.63, 3.8) is 0 Å². The monoisotopic (exact) mass is 367 g/mol. The molecule has 3 heterocycles. The molecule has 1 aliphatic rings. The standard InChI is InChI=1S/C20H21N3O2S/c24-20(17-13-18(25-22-17)19-5-4-12-26-19)21-16-8-6-15(7-9-16)14-23-10-2-1-3-11-23/h4-9,12-13H,1-3,10-11,14H2,(H,21,24). The van der Waals surface area contributed by atoms with E-state index in [2.05, 4.69) is 27.5 Å². The summed E-state index contributed by atoms with van der Waals surface area (Å²) in [6, 6.07) is 13.6. The van der Waals surface area contributed by atoms with Gasteiger partial charge in [-0.05, 0) is 55.1 Å². The van der Waals surface area contributed by atoms with E-state index in [0.29, 0.717) is 5.76 Å². The van der Waals surface area contributed by atoms with Gasteiger partial charge in [0.05, 0.1) is 4.88 Å². The van der Waals surface area contributed by atoms with Crippen LogP contribution in [-0.4, -0.2) is 29.1 Å². The predicted octanol–water partition coefficient (Wildman–Crippen LogP) is 4.64. The number of hydrogen-bond acceptors (Lipinski definition) is 5. The molecule has 2 aromatic heterocycles. The first kappa shape index (κ1) is 17.0. The van der Waals surface area contributed by atoms with Crippen LogP contribution in [0.5, 0.6) is 0 Å². The molecule has 1 fully saturated rings. The van der Waals surface area contributed by atoms with Crippen molar-refractivity contribution in [3.8, 4) is 10.6 Å². The lowest BCUT2D eigenvalue weighted by atomic mass is 10.1. The maximum atomic E-state index is 12.4. The van der Waals surface area contributed by atoms with Crippen LogP contribution in [0.25, 0.3) is 10.6 Å². The Morgan fingerprint density at radius 3 is 2.69 bits per heavy atom. The van der Waals surface area contributed by atoms with Gasteiger partial charge >= 0.3 is 0 Å². The molecular formula is C20H21N3O2S. The van der Waals surface area contributed by atoms with Crippen molar-refractivity contribution in [1.29, 1.82) is 0 Å². The molecule has 134 valence electrons. The molecule has 1 aromatic carbocycles. The van der Waals surface area contributed by atoms with Gasteiger partial charge in [0, 0.05) is 18.3 Å². The fraction of sp³-hybridized carbons (Fsp3) is 0.300. The van der Waals surface area contributed by atoms with Gasteiger partial charge in [-0.2, -0.15) is 0 Å². The highest BCUT2D eigenvalue weighted by Gasteiger charge is 2.15. The van der Waals surface area contributed by atoms with Gasteiger partial charge in [0.25, 0.3) is 5.91 Å². The second kappa shape index (κ2) is 7.85. The lowest BCUT2D eigenvalue weighted by Gasteiger charge is -2.26. The summed E-state index contributed by atoms with van der Waals surface area (Å²) in [6.45, 7) is 3.33. The highest BCUT2D eigenvalue weighted by molar-refractivity contribution is 7.13. The molecule has 1 amide bonds. The number of anilines is 1. The largest absolute Gasteiger partial charge is 0.355 e. The minimum Gasteiger partial charge on any atom is -0.355 e. The first-order valence-corrected chi connectivity index (χ1v) is 9.79. The minimum absolute atomic E-state index is 0.264. The topological polar surface area (TPSA) is 58.4 Å². The van der Waals surface area contributed by atoms with Crippen molar-refractivity contribution in [2.45, 2.75) is 25.8 Å². The van der Waals surface area contributed by atoms with E-state index < -0.39 is 0 Å². The third-order valence-electron chi connectivity index (χ3n) is 4.57. The highest BCUT2D eigenvalue weighted by Crippen LogP contribution is 2.25. The maximum absolute atomic E-state index is 12.4. The van der Waals surface area contributed by atoms with Gasteiger partial charge in [0.1, 0.15) is 0 Å². The first-order chi connectivity index (χ1) is 12.8. The SMILES string of the molecule is O=C(Nc1ccc(CN2CCCCC2)cc1)c1cc(-c2cccs2)on1. The Bertz CT molecular complexity index is 850. The van der Waals surface area contributed by atoms with Crippen LogP contribution in [0.4, 0.5) is 5.69 Å². The number of nitrogens with one attached hydrogen (secondary N) is 1. The zero-order valence-corrected chi connectivity index (χ0v) is 15.3. The molecule has 1 N–H and O–H groups in total. The van der Waals surface area contributed by atoms with Gasteiger partial charge in [0.15, 0.2) is 11.5 Å². The van der Waals surface area contributed by atoms with Crippen molar-refractivity contribution < 1.29 is 9.32 Å². The van der Waals surface area contributed by atoms with Crippen LogP contribution in [0.3, 0.4) is 0 Å². The molecule has 4 rings (SSSR count). The lowest BCUT2D eigenvalue weighted by Crippen LogP contribution is -2.29. The van der Waals surface area contributed by atoms with Crippen molar-refractivity contribution in [2.24, 2.45) is 0 Å². The number of amides is 1. The molecule has 0 aliphatic carbocycles. The Kier molecular flexibility index (Phi) is 5.13. The van der Waals surface area contributed by atoms with Crippen molar-refractivity contribution in [1.82, 2.24) is 10.1 Å². The zero-order valence-electron chi connectivity index (χ0n) is 14.5. The van der Waals surface area contributed by atoms with Gasteiger partial charge in [-0.3, -0.25) is 9.69 Å². The smallest absolute Gasteiger partial charge is 0.277 e. The molecule has 0 saturated carbocycles. The van der Waals surface area contributed by atoms with Gasteiger partial charge in [0.2, 0.25) is 0 Å². The summed E-state index contributed by atoms with van der Waals surface area (Å²) in [4.78, 5) is 15.8. The third kappa shape index (κ3) is 4.03. The summed E-state index contributed by atoms with van der Waals surface area (Å²) in [5, 5.41) is 8.71. The Balaban J connectivity index is 1.37. The van der Waals surface area contributed by atoms with E-state index in [1.165, 1.54) is 37.9 Å². The Morgan fingerprint density at radius 1 is 1.15 bits per heavy atom. The molecule has 5 nitrogen and oxygen atoms in total. The molecule has 0 bridgehead atoms. The van der Waals surface area contributed by atoms with Crippen LogP contribution in [0, 0.1) is 0 Å². The van der Waals surface area contributed by atoms with Crippen LogP contribution in [0.2, 0.25) is 0 Å². The molecule has 0 atom stereocenters. The molecule has 3 aromatic rings. The van der Waals surface area contributed by atoms with Gasteiger partial charge in [-0.15, -0.1) is 11.3 Å². The second-order valence-corrected chi connectivity index (χ2v) is 7.49. The number of hydrogen-bond donors (Lipinski definition) is 1. The molecule has 0 radical (unpaired) electrons. The summed E-state index contributed by atoms with van der Waals surface area (Å²) in [6.07, 6.45) is 3.93. The molecule has 1 saturated heterocycles. The second-order valence-electron chi connectivity index (χ2n) is 6.54. The van der Waals surface area contributed by atoms with E-state index in [9.17, 15) is 4.79 Å². The van der Waals surface area contributed by atoms with E-state index in [-0.39, 0.29) is 11.6 Å². The van der Waals surface area contributed by atoms with Crippen molar-refractivity contribution >= 4 is 22.9 Å². The van der Waals surface area contributed by atoms with Crippen LogP contribution >= 0.6 is 11.3 Å². The zero-order chi connectivity index (χ0) is 17.8. The number of piperidine rings is 1. The normalized spacial score (nSPS) is 15.1. The lowest BCUT2D eigenvalue weighted by molar-refractivity contribution is 0.101. The van der Waals surface area contributed by atoms with Gasteiger partial charge < -0.3 is 9.84 Å². The third-order valence-corrected chi connectivity index (χ3v) is 5.46. The average molecular weight is 367 g/mol. The number of likely N-dealkylation sites (tertiary alicyclic amines) is 1. The minimum atomic E-state index is -0.264. The average Bonchev–Trinajstić information content (AvgIpc) is 3.36. The molecule has 0 spiro atoms. The number of benzene rings is 1. The Hall–Kier alpha value is -2.44. The summed E-state index contributed by atoms with van der Waals surface area (Å²) in [5.74, 6) is 0.349. The summed E-state index contributed by atoms with van der Waals surface area (Å²) < 4.78 is 5.27. The van der Waals surface area contributed by atoms with E-state index >= 15 is 0 Å². The van der Waals surface area contributed by atoms with E-state index in [4.69, 9.17) is 4.52 Å². The van der Waals surface area contributed by atoms with Crippen LogP contribution < -0.4 is 5.32 Å². The Labute approximate surface area is 156 Å². The van der Waals surface area contributed by atoms with Gasteiger partial charge in [-0.25, -0.2) is 0 Å². The molecule has 6 heteroatoms. The van der Waals surface area contributed by atoms with Crippen LogP contribution in [-0.2, 0) is 6.54 Å². The van der Waals surface area contributed by atoms with E-state index in [1.807, 2.05) is 29.6 Å². The molecule has 26 heavy (non-hydrogen) atoms.